The average Bonchev–Trinajstić information content (AvgIpc) is 2.43. The molecule has 1 aromatic rings. The van der Waals surface area contributed by atoms with Crippen molar-refractivity contribution < 1.29 is 9.90 Å². The summed E-state index contributed by atoms with van der Waals surface area (Å²) >= 11 is 0. The Balaban J connectivity index is 2.10. The minimum atomic E-state index is -0.411. The van der Waals surface area contributed by atoms with Crippen LogP contribution in [-0.2, 0) is 6.54 Å². The first-order chi connectivity index (χ1) is 10.3. The molecule has 2 atom stereocenters. The van der Waals surface area contributed by atoms with Gasteiger partial charge in [-0.15, -0.1) is 0 Å². The molecule has 0 aromatic heterocycles. The maximum atomic E-state index is 11.3. The lowest BCUT2D eigenvalue weighted by atomic mass is 9.64. The Hall–Kier alpha value is -1.39. The number of benzene rings is 1. The molecule has 22 heavy (non-hydrogen) atoms. The van der Waals surface area contributed by atoms with Gasteiger partial charge in [0.05, 0.1) is 6.61 Å². The number of aliphatic hydroxyl groups excluding tert-OH is 1. The number of carbonyl (C=O) groups is 1. The predicted molar refractivity (Wildman–Crippen MR) is 88.4 cm³/mol. The molecule has 0 saturated heterocycles. The fourth-order valence-electron chi connectivity index (χ4n) is 4.18. The normalized spacial score (nSPS) is 27.5. The highest BCUT2D eigenvalue weighted by Gasteiger charge is 2.42. The Labute approximate surface area is 133 Å². The molecule has 4 heteroatoms. The van der Waals surface area contributed by atoms with Crippen LogP contribution in [0.5, 0.6) is 0 Å². The highest BCUT2D eigenvalue weighted by atomic mass is 16.3. The molecule has 1 amide bonds. The van der Waals surface area contributed by atoms with E-state index in [0.717, 1.165) is 18.4 Å². The number of rotatable bonds is 5. The fraction of sp³-hybridized carbons (Fsp3) is 0.611. The Bertz CT molecular complexity index is 542. The van der Waals surface area contributed by atoms with Crippen LogP contribution in [-0.4, -0.2) is 23.2 Å². The van der Waals surface area contributed by atoms with Crippen LogP contribution in [0.4, 0.5) is 0 Å². The molecule has 0 radical (unpaired) electrons. The van der Waals surface area contributed by atoms with Crippen molar-refractivity contribution in [2.45, 2.75) is 52.1 Å². The zero-order chi connectivity index (χ0) is 16.4. The third kappa shape index (κ3) is 4.08. The largest absolute Gasteiger partial charge is 0.394 e. The van der Waals surface area contributed by atoms with Crippen molar-refractivity contribution in [1.29, 1.82) is 0 Å². The van der Waals surface area contributed by atoms with Gasteiger partial charge in [0.25, 0.3) is 0 Å². The van der Waals surface area contributed by atoms with Crippen LogP contribution in [0.15, 0.2) is 24.3 Å². The molecule has 2 unspecified atom stereocenters. The van der Waals surface area contributed by atoms with E-state index in [1.54, 1.807) is 6.07 Å². The van der Waals surface area contributed by atoms with Crippen molar-refractivity contribution in [2.75, 3.05) is 6.61 Å². The van der Waals surface area contributed by atoms with E-state index in [1.807, 2.05) is 18.2 Å². The van der Waals surface area contributed by atoms with Gasteiger partial charge in [0, 0.05) is 17.6 Å². The number of hydrogen-bond acceptors (Lipinski definition) is 3. The summed E-state index contributed by atoms with van der Waals surface area (Å²) in [6, 6.07) is 7.36. The first-order valence-electron chi connectivity index (χ1n) is 8.00. The summed E-state index contributed by atoms with van der Waals surface area (Å²) < 4.78 is 0. The van der Waals surface area contributed by atoms with Gasteiger partial charge in [-0.2, -0.15) is 0 Å². The van der Waals surface area contributed by atoms with Crippen LogP contribution in [0, 0.1) is 11.3 Å². The molecule has 2 rings (SSSR count). The first kappa shape index (κ1) is 17.0. The summed E-state index contributed by atoms with van der Waals surface area (Å²) in [7, 11) is 0. The highest BCUT2D eigenvalue weighted by molar-refractivity contribution is 5.92. The molecule has 0 aliphatic heterocycles. The van der Waals surface area contributed by atoms with Crippen molar-refractivity contribution in [1.82, 2.24) is 5.32 Å². The van der Waals surface area contributed by atoms with E-state index >= 15 is 0 Å². The maximum Gasteiger partial charge on any atom is 0.248 e. The van der Waals surface area contributed by atoms with Crippen LogP contribution in [0.2, 0.25) is 0 Å². The lowest BCUT2D eigenvalue weighted by Gasteiger charge is -2.47. The summed E-state index contributed by atoms with van der Waals surface area (Å²) in [5, 5.41) is 13.5. The minimum Gasteiger partial charge on any atom is -0.394 e. The van der Waals surface area contributed by atoms with Gasteiger partial charge in [-0.05, 0) is 48.3 Å². The quantitative estimate of drug-likeness (QED) is 0.782. The minimum absolute atomic E-state index is 0.135. The van der Waals surface area contributed by atoms with Gasteiger partial charge in [0.15, 0.2) is 0 Å². The Morgan fingerprint density at radius 3 is 2.73 bits per heavy atom. The second-order valence-electron chi connectivity index (χ2n) is 7.71. The lowest BCUT2D eigenvalue weighted by Crippen LogP contribution is -2.54. The number of hydrogen-bond donors (Lipinski definition) is 3. The smallest absolute Gasteiger partial charge is 0.248 e. The number of nitrogens with one attached hydrogen (secondary N) is 1. The predicted octanol–water partition coefficient (Wildman–Crippen LogP) is 2.45. The Morgan fingerprint density at radius 2 is 2.14 bits per heavy atom. The van der Waals surface area contributed by atoms with Crippen molar-refractivity contribution in [2.24, 2.45) is 17.1 Å². The molecule has 4 nitrogen and oxygen atoms in total. The number of amides is 1. The molecule has 0 bridgehead atoms. The molecule has 1 saturated carbocycles. The molecule has 1 aliphatic rings. The van der Waals surface area contributed by atoms with E-state index in [4.69, 9.17) is 5.73 Å². The molecule has 0 spiro atoms. The topological polar surface area (TPSA) is 75.3 Å². The fourth-order valence-corrected chi connectivity index (χ4v) is 4.18. The molecule has 1 aliphatic carbocycles. The Morgan fingerprint density at radius 1 is 1.41 bits per heavy atom. The van der Waals surface area contributed by atoms with Crippen molar-refractivity contribution in [3.8, 4) is 0 Å². The Kier molecular flexibility index (Phi) is 4.93. The van der Waals surface area contributed by atoms with Crippen LogP contribution in [0.3, 0.4) is 0 Å². The number of primary amides is 1. The summed E-state index contributed by atoms with van der Waals surface area (Å²) in [5.74, 6) is 0.173. The molecule has 0 heterocycles. The molecule has 4 N–H and O–H groups in total. The third-order valence-corrected chi connectivity index (χ3v) is 4.64. The van der Waals surface area contributed by atoms with E-state index in [0.29, 0.717) is 18.0 Å². The summed E-state index contributed by atoms with van der Waals surface area (Å²) in [5.41, 5.74) is 6.84. The molecular formula is C18H28N2O2. The molecule has 122 valence electrons. The zero-order valence-electron chi connectivity index (χ0n) is 13.9. The third-order valence-electron chi connectivity index (χ3n) is 4.64. The molecule has 1 fully saturated rings. The van der Waals surface area contributed by atoms with Crippen LogP contribution < -0.4 is 11.1 Å². The second-order valence-corrected chi connectivity index (χ2v) is 7.71. The van der Waals surface area contributed by atoms with Crippen LogP contribution in [0.25, 0.3) is 0 Å². The van der Waals surface area contributed by atoms with Crippen molar-refractivity contribution in [3.63, 3.8) is 0 Å². The second kappa shape index (κ2) is 6.39. The zero-order valence-corrected chi connectivity index (χ0v) is 13.9. The summed E-state index contributed by atoms with van der Waals surface area (Å²) in [6.45, 7) is 7.55. The first-order valence-corrected chi connectivity index (χ1v) is 8.00. The number of nitrogens with two attached hydrogens (primary N) is 1. The summed E-state index contributed by atoms with van der Waals surface area (Å²) in [4.78, 5) is 11.3. The number of aliphatic hydroxyl groups is 1. The van der Waals surface area contributed by atoms with Crippen molar-refractivity contribution >= 4 is 5.91 Å². The monoisotopic (exact) mass is 304 g/mol. The van der Waals surface area contributed by atoms with E-state index in [9.17, 15) is 9.90 Å². The average molecular weight is 304 g/mol. The van der Waals surface area contributed by atoms with Crippen LogP contribution in [0.1, 0.15) is 56.0 Å². The molecular weight excluding hydrogens is 276 g/mol. The lowest BCUT2D eigenvalue weighted by molar-refractivity contribution is 0.0352. The van der Waals surface area contributed by atoms with Gasteiger partial charge < -0.3 is 16.2 Å². The van der Waals surface area contributed by atoms with Gasteiger partial charge in [-0.1, -0.05) is 32.9 Å². The van der Waals surface area contributed by atoms with Gasteiger partial charge in [-0.25, -0.2) is 0 Å². The SMILES string of the molecule is CC1CC(C)(C)CC(CO)(NCc2cccc(C(N)=O)c2)C1. The van der Waals surface area contributed by atoms with E-state index in [-0.39, 0.29) is 17.6 Å². The van der Waals surface area contributed by atoms with E-state index in [1.165, 1.54) is 6.42 Å². The molecule has 1 aromatic carbocycles. The van der Waals surface area contributed by atoms with E-state index in [2.05, 4.69) is 26.1 Å². The van der Waals surface area contributed by atoms with Gasteiger partial charge in [-0.3, -0.25) is 4.79 Å². The van der Waals surface area contributed by atoms with Gasteiger partial charge >= 0.3 is 0 Å². The van der Waals surface area contributed by atoms with Gasteiger partial charge in [0.1, 0.15) is 0 Å². The van der Waals surface area contributed by atoms with Crippen molar-refractivity contribution in [3.05, 3.63) is 35.4 Å². The van der Waals surface area contributed by atoms with E-state index < -0.39 is 5.91 Å². The number of carbonyl (C=O) groups excluding carboxylic acids is 1. The standard InChI is InChI=1S/C18H28N2O2/c1-13-8-17(2,3)11-18(9-13,12-21)20-10-14-5-4-6-15(7-14)16(19)22/h4-7,13,20-21H,8-12H2,1-3H3,(H2,19,22). The highest BCUT2D eigenvalue weighted by Crippen LogP contribution is 2.43. The van der Waals surface area contributed by atoms with Gasteiger partial charge in [0.2, 0.25) is 5.91 Å². The summed E-state index contributed by atoms with van der Waals surface area (Å²) in [6.07, 6.45) is 3.12. The maximum absolute atomic E-state index is 11.3. The van der Waals surface area contributed by atoms with Crippen LogP contribution >= 0.6 is 0 Å².